The van der Waals surface area contributed by atoms with Crippen molar-refractivity contribution < 1.29 is 27.6 Å². The van der Waals surface area contributed by atoms with Crippen LogP contribution in [0.4, 0.5) is 39.8 Å². The summed E-state index contributed by atoms with van der Waals surface area (Å²) in [7, 11) is -1.54. The van der Waals surface area contributed by atoms with E-state index in [0.29, 0.717) is 45.2 Å². The van der Waals surface area contributed by atoms with Crippen molar-refractivity contribution in [2.24, 2.45) is 30.7 Å². The first kappa shape index (κ1) is 30.7. The molecule has 0 bridgehead atoms. The molecule has 0 aromatic heterocycles. The summed E-state index contributed by atoms with van der Waals surface area (Å²) in [6.07, 6.45) is 0. The average Bonchev–Trinajstić information content (AvgIpc) is 3.03. The fraction of sp³-hybridized carbons (Fsp3) is 0.0968. The number of benzene rings is 5. The van der Waals surface area contributed by atoms with Gasteiger partial charge < -0.3 is 20.3 Å². The quantitative estimate of drug-likeness (QED) is 0.0825. The van der Waals surface area contributed by atoms with Gasteiger partial charge in [-0.25, -0.2) is 0 Å². The summed E-state index contributed by atoms with van der Waals surface area (Å²) in [5, 5.41) is 37.0. The van der Waals surface area contributed by atoms with Gasteiger partial charge in [0.2, 0.25) is 0 Å². The lowest BCUT2D eigenvalue weighted by Gasteiger charge is -2.09. The molecule has 5 aromatic carbocycles. The molecule has 0 saturated heterocycles. The summed E-state index contributed by atoms with van der Waals surface area (Å²) in [5.41, 5.74) is 9.05. The fourth-order valence-corrected chi connectivity index (χ4v) is 4.93. The summed E-state index contributed by atoms with van der Waals surface area (Å²) in [6.45, 7) is 1.82. The maximum absolute atomic E-state index is 11.6. The van der Waals surface area contributed by atoms with Crippen LogP contribution < -0.4 is 15.2 Å². The largest absolute Gasteiger partial charge is 0.505 e. The summed E-state index contributed by atoms with van der Waals surface area (Å²) < 4.78 is 43.5. The molecule has 0 aliphatic heterocycles. The van der Waals surface area contributed by atoms with Crippen LogP contribution in [0, 0.1) is 6.92 Å². The van der Waals surface area contributed by atoms with Gasteiger partial charge in [-0.2, -0.15) is 23.8 Å². The molecule has 4 N–H and O–H groups in total. The average molecular weight is 626 g/mol. The SMILES string of the molecule is COc1cc(N=Nc2ccccc2)ccc1N=Nc1cc(OC)c(N=Nc2ccc3cc(S(=O)(=O)O)c(N)cc3c2O)cc1C. The number of nitrogens with two attached hydrogens (primary N) is 1. The van der Waals surface area contributed by atoms with Gasteiger partial charge in [0, 0.05) is 17.5 Å². The Balaban J connectivity index is 1.39. The van der Waals surface area contributed by atoms with Crippen LogP contribution in [0.3, 0.4) is 0 Å². The molecule has 0 aliphatic carbocycles. The summed E-state index contributed by atoms with van der Waals surface area (Å²) in [5.74, 6) is 0.543. The van der Waals surface area contributed by atoms with Crippen LogP contribution in [0.15, 0.2) is 121 Å². The number of rotatable bonds is 9. The van der Waals surface area contributed by atoms with E-state index in [4.69, 9.17) is 15.2 Å². The van der Waals surface area contributed by atoms with Crippen molar-refractivity contribution in [1.29, 1.82) is 0 Å². The Morgan fingerprint density at radius 2 is 1.29 bits per heavy atom. The molecular weight excluding hydrogens is 598 g/mol. The van der Waals surface area contributed by atoms with E-state index in [9.17, 15) is 18.1 Å². The Kier molecular flexibility index (Phi) is 8.79. The molecule has 228 valence electrons. The highest BCUT2D eigenvalue weighted by Crippen LogP contribution is 2.41. The number of hydrogen-bond acceptors (Lipinski definition) is 12. The smallest absolute Gasteiger partial charge is 0.296 e. The number of hydrogen-bond donors (Lipinski definition) is 3. The first-order chi connectivity index (χ1) is 21.6. The van der Waals surface area contributed by atoms with Crippen molar-refractivity contribution >= 4 is 60.7 Å². The minimum atomic E-state index is -4.54. The number of fused-ring (bicyclic) bond motifs is 1. The Morgan fingerprint density at radius 1 is 0.667 bits per heavy atom. The predicted octanol–water partition coefficient (Wildman–Crippen LogP) is 8.95. The van der Waals surface area contributed by atoms with Crippen molar-refractivity contribution in [3.8, 4) is 17.2 Å². The zero-order chi connectivity index (χ0) is 32.1. The lowest BCUT2D eigenvalue weighted by atomic mass is 10.1. The second kappa shape index (κ2) is 12.9. The second-order valence-corrected chi connectivity index (χ2v) is 11.0. The van der Waals surface area contributed by atoms with Crippen LogP contribution in [0.25, 0.3) is 10.8 Å². The summed E-state index contributed by atoms with van der Waals surface area (Å²) >= 11 is 0. The molecule has 5 aromatic rings. The first-order valence-corrected chi connectivity index (χ1v) is 14.7. The van der Waals surface area contributed by atoms with Gasteiger partial charge >= 0.3 is 0 Å². The second-order valence-electron chi connectivity index (χ2n) is 9.62. The highest BCUT2D eigenvalue weighted by molar-refractivity contribution is 7.86. The zero-order valence-corrected chi connectivity index (χ0v) is 25.1. The molecule has 0 spiro atoms. The van der Waals surface area contributed by atoms with Crippen molar-refractivity contribution in [3.63, 3.8) is 0 Å². The van der Waals surface area contributed by atoms with E-state index in [1.807, 2.05) is 37.3 Å². The zero-order valence-electron chi connectivity index (χ0n) is 24.3. The molecule has 45 heavy (non-hydrogen) atoms. The maximum Gasteiger partial charge on any atom is 0.296 e. The lowest BCUT2D eigenvalue weighted by molar-refractivity contribution is 0.415. The number of nitrogen functional groups attached to an aromatic ring is 1. The predicted molar refractivity (Wildman–Crippen MR) is 170 cm³/mol. The van der Waals surface area contributed by atoms with Gasteiger partial charge in [0.25, 0.3) is 10.1 Å². The van der Waals surface area contributed by atoms with Crippen LogP contribution in [0.2, 0.25) is 0 Å². The molecule has 5 rings (SSSR count). The monoisotopic (exact) mass is 625 g/mol. The summed E-state index contributed by atoms with van der Waals surface area (Å²) in [4.78, 5) is -0.456. The molecule has 0 fully saturated rings. The Bertz CT molecular complexity index is 2100. The number of phenolic OH excluding ortho intramolecular Hbond substituents is 1. The Hall–Kier alpha value is -5.73. The number of anilines is 1. The van der Waals surface area contributed by atoms with Crippen molar-refractivity contribution in [3.05, 3.63) is 90.5 Å². The molecule has 0 atom stereocenters. The van der Waals surface area contributed by atoms with Gasteiger partial charge in [-0.15, -0.1) is 15.3 Å². The third-order valence-electron chi connectivity index (χ3n) is 6.61. The fourth-order valence-electron chi connectivity index (χ4n) is 4.29. The van der Waals surface area contributed by atoms with Gasteiger partial charge in [-0.3, -0.25) is 4.55 Å². The van der Waals surface area contributed by atoms with Crippen LogP contribution in [0.1, 0.15) is 5.56 Å². The molecule has 0 radical (unpaired) electrons. The van der Waals surface area contributed by atoms with Crippen LogP contribution in [0.5, 0.6) is 17.2 Å². The molecule has 0 aliphatic rings. The topological polar surface area (TPSA) is 193 Å². The third-order valence-corrected chi connectivity index (χ3v) is 7.52. The van der Waals surface area contributed by atoms with E-state index in [1.54, 1.807) is 30.3 Å². The molecule has 0 amide bonds. The first-order valence-electron chi connectivity index (χ1n) is 13.3. The number of azo groups is 3. The van der Waals surface area contributed by atoms with E-state index < -0.39 is 15.0 Å². The maximum atomic E-state index is 11.6. The van der Waals surface area contributed by atoms with Gasteiger partial charge in [0.15, 0.2) is 5.75 Å². The minimum absolute atomic E-state index is 0.101. The number of aryl methyl sites for hydroxylation is 1. The number of ether oxygens (including phenoxy) is 2. The van der Waals surface area contributed by atoms with E-state index in [0.717, 1.165) is 5.69 Å². The highest BCUT2D eigenvalue weighted by Gasteiger charge is 2.17. The van der Waals surface area contributed by atoms with Crippen molar-refractivity contribution in [1.82, 2.24) is 0 Å². The van der Waals surface area contributed by atoms with Crippen LogP contribution in [-0.4, -0.2) is 32.3 Å². The van der Waals surface area contributed by atoms with E-state index in [1.165, 1.54) is 38.5 Å². The molecule has 0 saturated carbocycles. The Labute approximate surface area is 258 Å². The van der Waals surface area contributed by atoms with Crippen LogP contribution >= 0.6 is 0 Å². The third kappa shape index (κ3) is 6.92. The van der Waals surface area contributed by atoms with E-state index in [-0.39, 0.29) is 22.5 Å². The number of phenols is 1. The molecule has 14 heteroatoms. The van der Waals surface area contributed by atoms with Crippen molar-refractivity contribution in [2.45, 2.75) is 11.8 Å². The molecule has 0 unspecified atom stereocenters. The van der Waals surface area contributed by atoms with Crippen LogP contribution in [-0.2, 0) is 10.1 Å². The Morgan fingerprint density at radius 3 is 2.00 bits per heavy atom. The molecular formula is C31H27N7O6S. The lowest BCUT2D eigenvalue weighted by Crippen LogP contribution is -2.03. The van der Waals surface area contributed by atoms with Gasteiger partial charge in [-0.1, -0.05) is 24.3 Å². The van der Waals surface area contributed by atoms with E-state index >= 15 is 0 Å². The number of nitrogens with zero attached hydrogens (tertiary/aromatic N) is 6. The van der Waals surface area contributed by atoms with Crippen molar-refractivity contribution in [2.75, 3.05) is 20.0 Å². The highest BCUT2D eigenvalue weighted by atomic mass is 32.2. The van der Waals surface area contributed by atoms with Gasteiger partial charge in [0.05, 0.1) is 37.0 Å². The van der Waals surface area contributed by atoms with E-state index in [2.05, 4.69) is 30.7 Å². The molecule has 13 nitrogen and oxygen atoms in total. The van der Waals surface area contributed by atoms with Gasteiger partial charge in [0.1, 0.15) is 33.5 Å². The molecule has 0 heterocycles. The minimum Gasteiger partial charge on any atom is -0.505 e. The van der Waals surface area contributed by atoms with Gasteiger partial charge in [-0.05, 0) is 66.4 Å². The summed E-state index contributed by atoms with van der Waals surface area (Å²) in [6, 6.07) is 23.3. The standard InChI is InChI=1S/C31H27N7O6S/c1-18-13-27(38-36-25-11-9-19-14-30(45(40,41)42)23(32)16-22(19)31(25)39)29(44-3)17-26(18)37-35-24-12-10-21(15-28(24)43-2)34-33-20-7-5-4-6-8-20/h4-17,39H,32H2,1-3H3,(H,40,41,42). The normalized spacial score (nSPS) is 12.1. The number of methoxy groups -OCH3 is 2. The number of aromatic hydroxyl groups is 1.